The summed E-state index contributed by atoms with van der Waals surface area (Å²) in [6.07, 6.45) is 2.01. The molecule has 1 atom stereocenters. The van der Waals surface area contributed by atoms with Crippen LogP contribution >= 0.6 is 11.6 Å². The van der Waals surface area contributed by atoms with Gasteiger partial charge in [-0.05, 0) is 64.3 Å². The first kappa shape index (κ1) is 20.1. The van der Waals surface area contributed by atoms with Crippen molar-refractivity contribution in [1.29, 1.82) is 0 Å². The Morgan fingerprint density at radius 1 is 1.19 bits per heavy atom. The number of halogens is 1. The van der Waals surface area contributed by atoms with Crippen molar-refractivity contribution in [3.63, 3.8) is 0 Å². The molecule has 120 valence electrons. The van der Waals surface area contributed by atoms with Crippen LogP contribution in [-0.4, -0.2) is 29.8 Å². The molecule has 0 N–H and O–H groups in total. The fraction of sp³-hybridized carbons (Fsp3) is 0.611. The maximum atomic E-state index is 8.81. The van der Waals surface area contributed by atoms with Gasteiger partial charge in [-0.25, -0.2) is 0 Å². The fourth-order valence-electron chi connectivity index (χ4n) is 2.38. The predicted octanol–water partition coefficient (Wildman–Crippen LogP) is 5.16. The Morgan fingerprint density at radius 3 is 2.05 bits per heavy atom. The summed E-state index contributed by atoms with van der Waals surface area (Å²) in [5, 5.41) is 0.828. The van der Waals surface area contributed by atoms with Crippen molar-refractivity contribution in [2.45, 2.75) is 59.4 Å². The van der Waals surface area contributed by atoms with Crippen molar-refractivity contribution in [3.8, 4) is 0 Å². The highest BCUT2D eigenvalue weighted by Gasteiger charge is 2.30. The molecule has 0 radical (unpaired) electrons. The molecule has 1 unspecified atom stereocenters. The summed E-state index contributed by atoms with van der Waals surface area (Å²) in [6, 6.07) is 8.32. The first-order valence-electron chi connectivity index (χ1n) is 7.78. The average Bonchev–Trinajstić information content (AvgIpc) is 2.92. The Morgan fingerprint density at radius 2 is 1.67 bits per heavy atom. The van der Waals surface area contributed by atoms with Crippen molar-refractivity contribution in [2.75, 3.05) is 13.1 Å². The standard InChI is InChI=1S/C14H20ClN.C2H4O.C2H6/c1-14(2,3)16-9-8-12(10-16)11-4-6-13(15)7-5-11;1-2-3;1-2/h4-7,12H,8-10H2,1-3H3;2H,1H3;1-2H3. The lowest BCUT2D eigenvalue weighted by Gasteiger charge is -2.31. The molecule has 1 aliphatic rings. The summed E-state index contributed by atoms with van der Waals surface area (Å²) < 4.78 is 0. The molecule has 1 saturated heterocycles. The van der Waals surface area contributed by atoms with E-state index in [-0.39, 0.29) is 0 Å². The zero-order valence-electron chi connectivity index (χ0n) is 14.3. The SMILES string of the molecule is CC.CC(C)(C)N1CCC(c2ccc(Cl)cc2)C1.CC=O. The van der Waals surface area contributed by atoms with Crippen LogP contribution in [0.4, 0.5) is 0 Å². The number of hydrogen-bond donors (Lipinski definition) is 0. The molecule has 0 spiro atoms. The van der Waals surface area contributed by atoms with Crippen LogP contribution in [0.3, 0.4) is 0 Å². The minimum atomic E-state index is 0.293. The van der Waals surface area contributed by atoms with Crippen molar-refractivity contribution in [3.05, 3.63) is 34.9 Å². The van der Waals surface area contributed by atoms with Gasteiger partial charge in [0, 0.05) is 17.1 Å². The van der Waals surface area contributed by atoms with E-state index in [4.69, 9.17) is 16.4 Å². The monoisotopic (exact) mass is 311 g/mol. The van der Waals surface area contributed by atoms with Gasteiger partial charge >= 0.3 is 0 Å². The van der Waals surface area contributed by atoms with Gasteiger partial charge in [0.25, 0.3) is 0 Å². The molecule has 1 fully saturated rings. The molecule has 1 aliphatic heterocycles. The van der Waals surface area contributed by atoms with Gasteiger partial charge in [-0.15, -0.1) is 0 Å². The van der Waals surface area contributed by atoms with Gasteiger partial charge in [-0.3, -0.25) is 4.90 Å². The van der Waals surface area contributed by atoms with Gasteiger partial charge in [0.2, 0.25) is 0 Å². The highest BCUT2D eigenvalue weighted by molar-refractivity contribution is 6.30. The Hall–Kier alpha value is -0.860. The molecule has 1 aromatic carbocycles. The molecule has 1 heterocycles. The zero-order valence-corrected chi connectivity index (χ0v) is 15.1. The molecule has 21 heavy (non-hydrogen) atoms. The van der Waals surface area contributed by atoms with Crippen LogP contribution in [0.15, 0.2) is 24.3 Å². The number of rotatable bonds is 1. The first-order valence-corrected chi connectivity index (χ1v) is 8.16. The molecule has 0 bridgehead atoms. The second-order valence-electron chi connectivity index (χ2n) is 5.89. The normalized spacial score (nSPS) is 18.1. The summed E-state index contributed by atoms with van der Waals surface area (Å²) in [6.45, 7) is 14.7. The van der Waals surface area contributed by atoms with E-state index in [1.807, 2.05) is 26.0 Å². The van der Waals surface area contributed by atoms with E-state index >= 15 is 0 Å². The number of benzene rings is 1. The predicted molar refractivity (Wildman–Crippen MR) is 93.2 cm³/mol. The van der Waals surface area contributed by atoms with Crippen LogP contribution in [0.5, 0.6) is 0 Å². The number of aldehydes is 1. The second-order valence-corrected chi connectivity index (χ2v) is 6.33. The van der Waals surface area contributed by atoms with Crippen molar-refractivity contribution in [2.24, 2.45) is 0 Å². The zero-order chi connectivity index (χ0) is 16.5. The molecule has 0 aromatic heterocycles. The topological polar surface area (TPSA) is 20.3 Å². The van der Waals surface area contributed by atoms with E-state index < -0.39 is 0 Å². The second kappa shape index (κ2) is 9.97. The van der Waals surface area contributed by atoms with Gasteiger partial charge in [0.1, 0.15) is 6.29 Å². The molecule has 2 nitrogen and oxygen atoms in total. The Balaban J connectivity index is 0.000000713. The number of carbonyl (C=O) groups is 1. The summed E-state index contributed by atoms with van der Waals surface area (Å²) in [7, 11) is 0. The lowest BCUT2D eigenvalue weighted by atomic mass is 9.98. The Kier molecular flexibility index (Phi) is 9.56. The summed E-state index contributed by atoms with van der Waals surface area (Å²) in [5.74, 6) is 0.677. The summed E-state index contributed by atoms with van der Waals surface area (Å²) in [5.41, 5.74) is 1.72. The van der Waals surface area contributed by atoms with Crippen LogP contribution in [0.25, 0.3) is 0 Å². The van der Waals surface area contributed by atoms with E-state index in [1.54, 1.807) is 0 Å². The number of hydrogen-bond acceptors (Lipinski definition) is 2. The van der Waals surface area contributed by atoms with Gasteiger partial charge in [0.05, 0.1) is 0 Å². The van der Waals surface area contributed by atoms with Crippen LogP contribution in [0.1, 0.15) is 59.4 Å². The van der Waals surface area contributed by atoms with E-state index in [1.165, 1.54) is 32.0 Å². The van der Waals surface area contributed by atoms with Gasteiger partial charge < -0.3 is 4.79 Å². The van der Waals surface area contributed by atoms with Gasteiger partial charge in [-0.1, -0.05) is 37.6 Å². The van der Waals surface area contributed by atoms with Crippen molar-refractivity contribution in [1.82, 2.24) is 4.90 Å². The fourth-order valence-corrected chi connectivity index (χ4v) is 2.50. The maximum Gasteiger partial charge on any atom is 0.116 e. The average molecular weight is 312 g/mol. The molecule has 1 aromatic rings. The molecule has 0 aliphatic carbocycles. The largest absolute Gasteiger partial charge is 0.304 e. The lowest BCUT2D eigenvalue weighted by Crippen LogP contribution is -2.39. The smallest absolute Gasteiger partial charge is 0.116 e. The van der Waals surface area contributed by atoms with E-state index in [2.05, 4.69) is 37.8 Å². The maximum absolute atomic E-state index is 8.81. The Bertz CT molecular complexity index is 395. The van der Waals surface area contributed by atoms with Crippen molar-refractivity contribution < 1.29 is 4.79 Å². The third-order valence-corrected chi connectivity index (χ3v) is 3.73. The van der Waals surface area contributed by atoms with Crippen LogP contribution in [0, 0.1) is 0 Å². The van der Waals surface area contributed by atoms with E-state index in [0.29, 0.717) is 11.5 Å². The number of carbonyl (C=O) groups excluding carboxylic acids is 1. The molecular weight excluding hydrogens is 282 g/mol. The third-order valence-electron chi connectivity index (χ3n) is 3.48. The van der Waals surface area contributed by atoms with E-state index in [0.717, 1.165) is 11.3 Å². The minimum absolute atomic E-state index is 0.293. The first-order chi connectivity index (χ1) is 9.88. The van der Waals surface area contributed by atoms with Gasteiger partial charge in [-0.2, -0.15) is 0 Å². The molecular formula is C18H30ClNO. The molecule has 3 heteroatoms. The van der Waals surface area contributed by atoms with Crippen LogP contribution < -0.4 is 0 Å². The van der Waals surface area contributed by atoms with E-state index in [9.17, 15) is 0 Å². The quantitative estimate of drug-likeness (QED) is 0.668. The lowest BCUT2D eigenvalue weighted by molar-refractivity contribution is -0.106. The molecule has 2 rings (SSSR count). The molecule has 0 amide bonds. The third kappa shape index (κ3) is 7.10. The van der Waals surface area contributed by atoms with Crippen LogP contribution in [-0.2, 0) is 4.79 Å². The summed E-state index contributed by atoms with van der Waals surface area (Å²) in [4.78, 5) is 11.4. The minimum Gasteiger partial charge on any atom is -0.304 e. The van der Waals surface area contributed by atoms with Gasteiger partial charge in [0.15, 0.2) is 0 Å². The number of likely N-dealkylation sites (tertiary alicyclic amines) is 1. The Labute approximate surface area is 135 Å². The van der Waals surface area contributed by atoms with Crippen LogP contribution in [0.2, 0.25) is 5.02 Å². The highest BCUT2D eigenvalue weighted by atomic mass is 35.5. The highest BCUT2D eigenvalue weighted by Crippen LogP contribution is 2.31. The summed E-state index contributed by atoms with van der Waals surface area (Å²) >= 11 is 5.91. The number of nitrogens with zero attached hydrogens (tertiary/aromatic N) is 1. The molecule has 0 saturated carbocycles. The van der Waals surface area contributed by atoms with Crippen molar-refractivity contribution >= 4 is 17.9 Å².